The van der Waals surface area contributed by atoms with E-state index in [1.165, 1.54) is 81.3 Å². The fraction of sp³-hybridized carbons (Fsp3) is 0.0769. The Bertz CT molecular complexity index is 1810. The molecule has 0 fully saturated rings. The van der Waals surface area contributed by atoms with Gasteiger partial charge in [-0.15, -0.1) is 0 Å². The van der Waals surface area contributed by atoms with Gasteiger partial charge in [0, 0.05) is 0 Å². The summed E-state index contributed by atoms with van der Waals surface area (Å²) < 4.78 is 0. The standard InChI is InChI=1S/C39H30/c1-25-13-34-22-35(14-25)29-8-5-10-31(20-29)37-16-27(3)18-39(24-37)33-12-6-11-32(21-33)38-17-26(2)15-36(23-38)30-9-4-7-28(34)19-30/h4-24H,1-3H3. The average molecular weight is 499 g/mol. The van der Waals surface area contributed by atoms with Gasteiger partial charge >= 0.3 is 0 Å². The van der Waals surface area contributed by atoms with Crippen molar-refractivity contribution in [2.75, 3.05) is 0 Å². The van der Waals surface area contributed by atoms with Crippen LogP contribution in [0, 0.1) is 20.8 Å². The van der Waals surface area contributed by atoms with E-state index in [1.54, 1.807) is 0 Å². The van der Waals surface area contributed by atoms with Crippen LogP contribution >= 0.6 is 0 Å². The Kier molecular flexibility index (Phi) is 5.56. The van der Waals surface area contributed by atoms with Crippen molar-refractivity contribution in [2.24, 2.45) is 0 Å². The molecule has 0 nitrogen and oxygen atoms in total. The third kappa shape index (κ3) is 4.49. The molecule has 0 aromatic heterocycles. The van der Waals surface area contributed by atoms with Gasteiger partial charge < -0.3 is 0 Å². The van der Waals surface area contributed by atoms with Crippen LogP contribution in [0.2, 0.25) is 0 Å². The molecule has 0 aliphatic rings. The highest BCUT2D eigenvalue weighted by Gasteiger charge is 2.02. The second kappa shape index (κ2) is 9.26. The molecule has 0 spiro atoms. The van der Waals surface area contributed by atoms with Crippen LogP contribution in [0.25, 0.3) is 64.6 Å². The number of hydrogen-bond donors (Lipinski definition) is 0. The van der Waals surface area contributed by atoms with Gasteiger partial charge in [0.05, 0.1) is 0 Å². The molecule has 0 unspecified atom stereocenters. The smallest absolute Gasteiger partial charge is 0.0175 e. The Balaban J connectivity index is 1.75. The van der Waals surface area contributed by atoms with Crippen LogP contribution in [-0.2, 0) is 0 Å². The van der Waals surface area contributed by atoms with E-state index in [-0.39, 0.29) is 0 Å². The Labute approximate surface area is 229 Å². The summed E-state index contributed by atoms with van der Waals surface area (Å²) in [5.74, 6) is 0. The van der Waals surface area contributed by atoms with E-state index >= 15 is 0 Å². The lowest BCUT2D eigenvalue weighted by Crippen LogP contribution is -1.80. The van der Waals surface area contributed by atoms with Gasteiger partial charge in [-0.3, -0.25) is 0 Å². The number of benzene rings is 6. The van der Waals surface area contributed by atoms with Gasteiger partial charge in [0.2, 0.25) is 0 Å². The van der Waals surface area contributed by atoms with E-state index < -0.39 is 0 Å². The molecule has 0 radical (unpaired) electrons. The predicted octanol–water partition coefficient (Wildman–Crippen LogP) is 11.2. The monoisotopic (exact) mass is 498 g/mol. The fourth-order valence-electron chi connectivity index (χ4n) is 5.98. The molecule has 0 amide bonds. The van der Waals surface area contributed by atoms with Crippen molar-refractivity contribution in [2.45, 2.75) is 20.8 Å². The maximum Gasteiger partial charge on any atom is -0.0175 e. The van der Waals surface area contributed by atoms with Crippen LogP contribution < -0.4 is 0 Å². The van der Waals surface area contributed by atoms with Crippen molar-refractivity contribution >= 4 is 64.6 Å². The van der Waals surface area contributed by atoms with E-state index in [0.29, 0.717) is 0 Å². The molecule has 12 bridgehead atoms. The normalized spacial score (nSPS) is 11.5. The summed E-state index contributed by atoms with van der Waals surface area (Å²) in [4.78, 5) is 0. The lowest BCUT2D eigenvalue weighted by molar-refractivity contribution is 1.52. The topological polar surface area (TPSA) is 0 Å². The molecule has 0 saturated heterocycles. The first-order valence-electron chi connectivity index (χ1n) is 13.7. The first-order valence-corrected chi connectivity index (χ1v) is 13.7. The molecule has 39 heavy (non-hydrogen) atoms. The maximum atomic E-state index is 2.34. The van der Waals surface area contributed by atoms with Gasteiger partial charge in [0.1, 0.15) is 0 Å². The lowest BCUT2D eigenvalue weighted by Gasteiger charge is -2.05. The van der Waals surface area contributed by atoms with Crippen molar-refractivity contribution in [3.05, 3.63) is 144 Å². The van der Waals surface area contributed by atoms with Gasteiger partial charge in [-0.25, -0.2) is 0 Å². The lowest BCUT2D eigenvalue weighted by atomic mass is 10.00. The molecule has 7 aromatic rings. The van der Waals surface area contributed by atoms with Crippen LogP contribution in [0.3, 0.4) is 0 Å². The highest BCUT2D eigenvalue weighted by atomic mass is 14.1. The van der Waals surface area contributed by atoms with E-state index in [0.717, 1.165) is 0 Å². The molecule has 0 heterocycles. The summed E-state index contributed by atoms with van der Waals surface area (Å²) in [6.07, 6.45) is 0. The zero-order chi connectivity index (χ0) is 26.5. The third-order valence-electron chi connectivity index (χ3n) is 7.82. The van der Waals surface area contributed by atoms with E-state index in [9.17, 15) is 0 Å². The summed E-state index contributed by atoms with van der Waals surface area (Å²) in [6, 6.07) is 47.7. The Morgan fingerprint density at radius 1 is 0.231 bits per heavy atom. The highest BCUT2D eigenvalue weighted by Crippen LogP contribution is 2.28. The average Bonchev–Trinajstić information content (AvgIpc) is 2.96. The van der Waals surface area contributed by atoms with Crippen LogP contribution in [0.15, 0.2) is 127 Å². The summed E-state index contributed by atoms with van der Waals surface area (Å²) >= 11 is 0. The number of fused-ring (bicyclic) bond motifs is 18. The summed E-state index contributed by atoms with van der Waals surface area (Å²) in [7, 11) is 0. The summed E-state index contributed by atoms with van der Waals surface area (Å²) in [5.41, 5.74) is 3.80. The molecule has 0 aliphatic heterocycles. The van der Waals surface area contributed by atoms with Gasteiger partial charge in [-0.05, 0) is 138 Å². The summed E-state index contributed by atoms with van der Waals surface area (Å²) in [5, 5.41) is 14.9. The van der Waals surface area contributed by atoms with Crippen LogP contribution in [0.5, 0.6) is 0 Å². The molecule has 0 atom stereocenters. The highest BCUT2D eigenvalue weighted by molar-refractivity contribution is 6.02. The molecule has 186 valence electrons. The molecule has 7 rings (SSSR count). The zero-order valence-corrected chi connectivity index (χ0v) is 22.6. The van der Waals surface area contributed by atoms with Gasteiger partial charge in [0.15, 0.2) is 0 Å². The van der Waals surface area contributed by atoms with Gasteiger partial charge in [-0.1, -0.05) is 91.0 Å². The minimum Gasteiger partial charge on any atom is -0.0610 e. The molecular weight excluding hydrogens is 468 g/mol. The SMILES string of the molecule is Cc1cc2cc(c1)c1cccc(c1)c1cc(C)cc(c1)c1cccc(c1)c1cc(C)cc(c1)c1cccc2c1. The minimum absolute atomic E-state index is 1.24. The van der Waals surface area contributed by atoms with Crippen molar-refractivity contribution in [3.8, 4) is 0 Å². The van der Waals surface area contributed by atoms with Crippen LogP contribution in [0.4, 0.5) is 0 Å². The summed E-state index contributed by atoms with van der Waals surface area (Å²) in [6.45, 7) is 6.58. The van der Waals surface area contributed by atoms with Crippen LogP contribution in [-0.4, -0.2) is 0 Å². The second-order valence-corrected chi connectivity index (χ2v) is 11.0. The maximum absolute atomic E-state index is 2.34. The molecule has 0 heteroatoms. The first-order chi connectivity index (χ1) is 19.0. The first kappa shape index (κ1) is 23.4. The molecule has 0 N–H and O–H groups in total. The van der Waals surface area contributed by atoms with Crippen LogP contribution in [0.1, 0.15) is 16.7 Å². The largest absolute Gasteiger partial charge is 0.0610 e. The van der Waals surface area contributed by atoms with Crippen molar-refractivity contribution in [1.82, 2.24) is 0 Å². The molecule has 0 saturated carbocycles. The quantitative estimate of drug-likeness (QED) is 0.195. The number of rotatable bonds is 0. The van der Waals surface area contributed by atoms with Crippen molar-refractivity contribution in [3.63, 3.8) is 0 Å². The van der Waals surface area contributed by atoms with Crippen molar-refractivity contribution in [1.29, 1.82) is 0 Å². The number of hydrogen-bond acceptors (Lipinski definition) is 0. The zero-order valence-electron chi connectivity index (χ0n) is 22.6. The Hall–Kier alpha value is -4.68. The van der Waals surface area contributed by atoms with Crippen molar-refractivity contribution < 1.29 is 0 Å². The van der Waals surface area contributed by atoms with E-state index in [1.807, 2.05) is 0 Å². The molecular formula is C39H30. The molecule has 7 aromatic carbocycles. The van der Waals surface area contributed by atoms with Gasteiger partial charge in [0.25, 0.3) is 0 Å². The van der Waals surface area contributed by atoms with E-state index in [2.05, 4.69) is 148 Å². The number of aryl methyl sites for hydroxylation is 3. The Morgan fingerprint density at radius 3 is 0.615 bits per heavy atom. The molecule has 0 aliphatic carbocycles. The Morgan fingerprint density at radius 2 is 0.410 bits per heavy atom. The second-order valence-electron chi connectivity index (χ2n) is 11.0. The van der Waals surface area contributed by atoms with Gasteiger partial charge in [-0.2, -0.15) is 0 Å². The third-order valence-corrected chi connectivity index (χ3v) is 7.82. The minimum atomic E-state index is 1.24. The fourth-order valence-corrected chi connectivity index (χ4v) is 5.98. The predicted molar refractivity (Wildman–Crippen MR) is 172 cm³/mol. The van der Waals surface area contributed by atoms with E-state index in [4.69, 9.17) is 0 Å².